The van der Waals surface area contributed by atoms with Gasteiger partial charge in [0.25, 0.3) is 5.56 Å². The highest BCUT2D eigenvalue weighted by atomic mass is 16.3. The molecule has 1 aromatic carbocycles. The van der Waals surface area contributed by atoms with Crippen molar-refractivity contribution >= 4 is 11.7 Å². The maximum Gasteiger partial charge on any atom is 0.255 e. The highest BCUT2D eigenvalue weighted by Crippen LogP contribution is 2.26. The van der Waals surface area contributed by atoms with Gasteiger partial charge in [0.15, 0.2) is 0 Å². The molecule has 0 radical (unpaired) electrons. The van der Waals surface area contributed by atoms with Gasteiger partial charge in [0.1, 0.15) is 5.82 Å². The van der Waals surface area contributed by atoms with E-state index in [-0.39, 0.29) is 23.9 Å². The number of benzene rings is 1. The van der Waals surface area contributed by atoms with Crippen molar-refractivity contribution in [1.29, 1.82) is 0 Å². The minimum absolute atomic E-state index is 0.113. The first-order chi connectivity index (χ1) is 16.4. The van der Waals surface area contributed by atoms with Crippen LogP contribution in [0.25, 0.3) is 0 Å². The van der Waals surface area contributed by atoms with E-state index in [1.54, 1.807) is 0 Å². The summed E-state index contributed by atoms with van der Waals surface area (Å²) in [5, 5.41) is 14.3. The van der Waals surface area contributed by atoms with Crippen LogP contribution >= 0.6 is 0 Å². The van der Waals surface area contributed by atoms with Crippen molar-refractivity contribution in [2.24, 2.45) is 0 Å². The second kappa shape index (κ2) is 11.1. The molecule has 2 fully saturated rings. The van der Waals surface area contributed by atoms with Crippen LogP contribution in [0.5, 0.6) is 0 Å². The average molecular weight is 468 g/mol. The first kappa shape index (κ1) is 24.4. The molecule has 1 amide bonds. The maximum absolute atomic E-state index is 12.8. The number of anilines is 1. The molecule has 0 aliphatic carbocycles. The van der Waals surface area contributed by atoms with Gasteiger partial charge < -0.3 is 20.2 Å². The molecule has 2 aromatic rings. The molecular formula is C26H37N5O3. The Morgan fingerprint density at radius 3 is 2.53 bits per heavy atom. The van der Waals surface area contributed by atoms with Gasteiger partial charge in [-0.3, -0.25) is 14.2 Å². The largest absolute Gasteiger partial charge is 0.388 e. The Balaban J connectivity index is 1.25. The van der Waals surface area contributed by atoms with E-state index < -0.39 is 5.60 Å². The number of nitrogens with one attached hydrogen (secondary N) is 1. The molecular weight excluding hydrogens is 430 g/mol. The van der Waals surface area contributed by atoms with Crippen molar-refractivity contribution in [2.45, 2.75) is 57.1 Å². The van der Waals surface area contributed by atoms with Gasteiger partial charge in [-0.25, -0.2) is 4.98 Å². The summed E-state index contributed by atoms with van der Waals surface area (Å²) in [5.41, 5.74) is -0.0367. The van der Waals surface area contributed by atoms with Crippen LogP contribution < -0.4 is 10.9 Å². The van der Waals surface area contributed by atoms with Crippen molar-refractivity contribution in [3.05, 3.63) is 58.6 Å². The molecule has 2 saturated heterocycles. The van der Waals surface area contributed by atoms with E-state index in [4.69, 9.17) is 0 Å². The molecule has 4 rings (SSSR count). The van der Waals surface area contributed by atoms with Crippen molar-refractivity contribution in [3.8, 4) is 0 Å². The molecule has 34 heavy (non-hydrogen) atoms. The number of likely N-dealkylation sites (tertiary alicyclic amines) is 2. The van der Waals surface area contributed by atoms with E-state index in [2.05, 4.69) is 22.1 Å². The van der Waals surface area contributed by atoms with Gasteiger partial charge in [0.05, 0.1) is 18.5 Å². The fraction of sp³-hybridized carbons (Fsp3) is 0.577. The number of amides is 1. The Hall–Kier alpha value is -2.71. The summed E-state index contributed by atoms with van der Waals surface area (Å²) in [7, 11) is 0. The minimum Gasteiger partial charge on any atom is -0.388 e. The van der Waals surface area contributed by atoms with Crippen LogP contribution in [0.15, 0.2) is 47.5 Å². The number of hydrogen-bond donors (Lipinski definition) is 2. The molecule has 3 heterocycles. The minimum atomic E-state index is -1.02. The second-order valence-electron chi connectivity index (χ2n) is 9.84. The normalized spacial score (nSPS) is 19.2. The molecule has 2 N–H and O–H groups in total. The van der Waals surface area contributed by atoms with Crippen LogP contribution in [0.2, 0.25) is 0 Å². The van der Waals surface area contributed by atoms with Crippen LogP contribution in [0, 0.1) is 0 Å². The van der Waals surface area contributed by atoms with E-state index in [1.807, 2.05) is 35.2 Å². The van der Waals surface area contributed by atoms with E-state index in [0.717, 1.165) is 31.7 Å². The molecule has 0 unspecified atom stereocenters. The summed E-state index contributed by atoms with van der Waals surface area (Å²) < 4.78 is 1.47. The summed E-state index contributed by atoms with van der Waals surface area (Å²) in [6, 6.07) is 11.6. The molecule has 8 heteroatoms. The lowest BCUT2D eigenvalue weighted by Crippen LogP contribution is -2.49. The molecule has 1 aromatic heterocycles. The molecule has 2 aliphatic heterocycles. The standard InChI is InChI=1S/C26H37N5O3/c1-21(22-7-3-2-4-8-22)17-24(32)30-14-9-26(34,10-15-30)19-31-20-28-23(18-25(31)33)27-11-16-29-12-5-6-13-29/h2-4,7-8,18,20-21,27,34H,5-6,9-17,19H2,1H3/t21-/m1/s1. The van der Waals surface area contributed by atoms with Gasteiger partial charge in [-0.1, -0.05) is 37.3 Å². The van der Waals surface area contributed by atoms with E-state index >= 15 is 0 Å². The lowest BCUT2D eigenvalue weighted by atomic mass is 9.90. The summed E-state index contributed by atoms with van der Waals surface area (Å²) in [6.07, 6.45) is 5.38. The van der Waals surface area contributed by atoms with Gasteiger partial charge in [-0.15, -0.1) is 0 Å². The number of aromatic nitrogens is 2. The summed E-state index contributed by atoms with van der Waals surface area (Å²) in [4.78, 5) is 34.0. The molecule has 1 atom stereocenters. The Kier molecular flexibility index (Phi) is 8.00. The number of nitrogens with zero attached hydrogens (tertiary/aromatic N) is 4. The monoisotopic (exact) mass is 467 g/mol. The number of carbonyl (C=O) groups excluding carboxylic acids is 1. The van der Waals surface area contributed by atoms with Gasteiger partial charge in [-0.2, -0.15) is 0 Å². The van der Waals surface area contributed by atoms with Crippen LogP contribution in [0.3, 0.4) is 0 Å². The smallest absolute Gasteiger partial charge is 0.255 e. The van der Waals surface area contributed by atoms with Crippen molar-refractivity contribution < 1.29 is 9.90 Å². The van der Waals surface area contributed by atoms with Crippen LogP contribution in [-0.2, 0) is 11.3 Å². The third-order valence-corrected chi connectivity index (χ3v) is 7.17. The number of aliphatic hydroxyl groups is 1. The topological polar surface area (TPSA) is 90.7 Å². The fourth-order valence-electron chi connectivity index (χ4n) is 4.93. The molecule has 0 saturated carbocycles. The molecule has 184 valence electrons. The predicted octanol–water partition coefficient (Wildman–Crippen LogP) is 2.30. The Labute approximate surface area is 201 Å². The third-order valence-electron chi connectivity index (χ3n) is 7.17. The van der Waals surface area contributed by atoms with Crippen LogP contribution in [0.4, 0.5) is 5.82 Å². The van der Waals surface area contributed by atoms with Gasteiger partial charge in [-0.05, 0) is 50.3 Å². The summed E-state index contributed by atoms with van der Waals surface area (Å²) >= 11 is 0. The Morgan fingerprint density at radius 2 is 1.85 bits per heavy atom. The first-order valence-electron chi connectivity index (χ1n) is 12.5. The first-order valence-corrected chi connectivity index (χ1v) is 12.5. The van der Waals surface area contributed by atoms with Crippen molar-refractivity contribution in [1.82, 2.24) is 19.4 Å². The van der Waals surface area contributed by atoms with Crippen LogP contribution in [0.1, 0.15) is 50.5 Å². The molecule has 2 aliphatic rings. The Bertz CT molecular complexity index is 995. The van der Waals surface area contributed by atoms with Gasteiger partial charge in [0, 0.05) is 38.7 Å². The number of carbonyl (C=O) groups is 1. The second-order valence-corrected chi connectivity index (χ2v) is 9.84. The highest BCUT2D eigenvalue weighted by Gasteiger charge is 2.34. The average Bonchev–Trinajstić information content (AvgIpc) is 3.35. The maximum atomic E-state index is 12.8. The van der Waals surface area contributed by atoms with Gasteiger partial charge >= 0.3 is 0 Å². The van der Waals surface area contributed by atoms with Gasteiger partial charge in [0.2, 0.25) is 5.91 Å². The van der Waals surface area contributed by atoms with E-state index in [9.17, 15) is 14.7 Å². The molecule has 0 bridgehead atoms. The van der Waals surface area contributed by atoms with E-state index in [0.29, 0.717) is 38.2 Å². The number of piperidine rings is 1. The third kappa shape index (κ3) is 6.45. The zero-order valence-electron chi connectivity index (χ0n) is 20.2. The Morgan fingerprint density at radius 1 is 1.15 bits per heavy atom. The lowest BCUT2D eigenvalue weighted by Gasteiger charge is -2.38. The van der Waals surface area contributed by atoms with Crippen LogP contribution in [-0.4, -0.2) is 75.2 Å². The SMILES string of the molecule is C[C@H](CC(=O)N1CCC(O)(Cn2cnc(NCCN3CCCC3)cc2=O)CC1)c1ccccc1. The zero-order valence-corrected chi connectivity index (χ0v) is 20.2. The fourth-order valence-corrected chi connectivity index (χ4v) is 4.93. The quantitative estimate of drug-likeness (QED) is 0.588. The molecule has 0 spiro atoms. The molecule has 8 nitrogen and oxygen atoms in total. The van der Waals surface area contributed by atoms with Crippen molar-refractivity contribution in [2.75, 3.05) is 44.6 Å². The predicted molar refractivity (Wildman–Crippen MR) is 133 cm³/mol. The summed E-state index contributed by atoms with van der Waals surface area (Å²) in [6.45, 7) is 7.24. The highest BCUT2D eigenvalue weighted by molar-refractivity contribution is 5.77. The van der Waals surface area contributed by atoms with Crippen molar-refractivity contribution in [3.63, 3.8) is 0 Å². The zero-order chi connectivity index (χ0) is 24.0. The number of rotatable bonds is 9. The summed E-state index contributed by atoms with van der Waals surface area (Å²) in [5.74, 6) is 0.837. The lowest BCUT2D eigenvalue weighted by molar-refractivity contribution is -0.136. The van der Waals surface area contributed by atoms with E-state index in [1.165, 1.54) is 29.8 Å². The number of hydrogen-bond acceptors (Lipinski definition) is 6.